The Labute approximate surface area is 214 Å². The highest BCUT2D eigenvalue weighted by Gasteiger charge is 2.35. The predicted molar refractivity (Wildman–Crippen MR) is 136 cm³/mol. The number of benzene rings is 1. The van der Waals surface area contributed by atoms with Crippen LogP contribution in [0, 0.1) is 0 Å². The van der Waals surface area contributed by atoms with E-state index in [0.717, 1.165) is 5.56 Å². The van der Waals surface area contributed by atoms with Gasteiger partial charge >= 0.3 is 5.97 Å². The van der Waals surface area contributed by atoms with E-state index in [9.17, 15) is 9.59 Å². The summed E-state index contributed by atoms with van der Waals surface area (Å²) in [6, 6.07) is 6.42. The van der Waals surface area contributed by atoms with E-state index in [-0.39, 0.29) is 12.2 Å². The van der Waals surface area contributed by atoms with Crippen LogP contribution in [0.4, 0.5) is 0 Å². The number of rotatable bonds is 7. The Morgan fingerprint density at radius 3 is 2.60 bits per heavy atom. The van der Waals surface area contributed by atoms with Gasteiger partial charge in [-0.25, -0.2) is 9.79 Å². The molecule has 35 heavy (non-hydrogen) atoms. The molecule has 0 spiro atoms. The fourth-order valence-corrected chi connectivity index (χ4v) is 5.47. The van der Waals surface area contributed by atoms with E-state index >= 15 is 0 Å². The Morgan fingerprint density at radius 2 is 1.94 bits per heavy atom. The molecule has 1 aliphatic heterocycles. The summed E-state index contributed by atoms with van der Waals surface area (Å²) in [6.45, 7) is 6.02. The molecule has 10 heteroatoms. The van der Waals surface area contributed by atoms with Crippen molar-refractivity contribution in [1.29, 1.82) is 0 Å². The monoisotopic (exact) mass is 557 g/mol. The quantitative estimate of drug-likeness (QED) is 0.413. The van der Waals surface area contributed by atoms with Gasteiger partial charge in [0.05, 0.1) is 42.2 Å². The van der Waals surface area contributed by atoms with Gasteiger partial charge < -0.3 is 14.2 Å². The molecule has 1 aliphatic rings. The van der Waals surface area contributed by atoms with Crippen molar-refractivity contribution in [3.8, 4) is 11.5 Å². The Kier molecular flexibility index (Phi) is 7.51. The summed E-state index contributed by atoms with van der Waals surface area (Å²) in [5.41, 5.74) is 2.02. The molecule has 3 heterocycles. The molecular formula is C25H24BrN3O5S. The molecule has 0 N–H and O–H groups in total. The Bertz CT molecular complexity index is 1480. The van der Waals surface area contributed by atoms with Gasteiger partial charge in [-0.2, -0.15) is 0 Å². The van der Waals surface area contributed by atoms with Crippen molar-refractivity contribution < 1.29 is 19.0 Å². The van der Waals surface area contributed by atoms with E-state index in [2.05, 4.69) is 25.9 Å². The Balaban J connectivity index is 2.00. The number of hydrogen-bond acceptors (Lipinski definition) is 8. The Morgan fingerprint density at radius 1 is 1.20 bits per heavy atom. The summed E-state index contributed by atoms with van der Waals surface area (Å²) in [5, 5.41) is 0. The number of pyridine rings is 1. The number of carbonyl (C=O) groups is 1. The average Bonchev–Trinajstić information content (AvgIpc) is 3.14. The third kappa shape index (κ3) is 4.81. The molecule has 0 saturated heterocycles. The van der Waals surface area contributed by atoms with Crippen LogP contribution in [0.25, 0.3) is 6.08 Å². The molecule has 0 unspecified atom stereocenters. The lowest BCUT2D eigenvalue weighted by molar-refractivity contribution is -0.139. The van der Waals surface area contributed by atoms with Crippen LogP contribution in [0.5, 0.6) is 11.5 Å². The van der Waals surface area contributed by atoms with Crippen molar-refractivity contribution in [2.24, 2.45) is 4.99 Å². The van der Waals surface area contributed by atoms with Gasteiger partial charge in [0, 0.05) is 16.9 Å². The number of halogens is 1. The van der Waals surface area contributed by atoms with Crippen LogP contribution >= 0.6 is 27.3 Å². The third-order valence-corrected chi connectivity index (χ3v) is 7.07. The second-order valence-electron chi connectivity index (χ2n) is 7.54. The van der Waals surface area contributed by atoms with E-state index in [1.54, 1.807) is 51.6 Å². The van der Waals surface area contributed by atoms with Gasteiger partial charge in [0.25, 0.3) is 5.56 Å². The van der Waals surface area contributed by atoms with Crippen molar-refractivity contribution in [1.82, 2.24) is 9.55 Å². The molecule has 182 valence electrons. The van der Waals surface area contributed by atoms with Crippen molar-refractivity contribution in [3.05, 3.63) is 83.2 Å². The first-order valence-corrected chi connectivity index (χ1v) is 12.6. The van der Waals surface area contributed by atoms with Crippen LogP contribution in [0.1, 0.15) is 37.9 Å². The van der Waals surface area contributed by atoms with Crippen molar-refractivity contribution in [2.75, 3.05) is 20.3 Å². The number of esters is 1. The number of ether oxygens (including phenoxy) is 3. The number of hydrogen-bond donors (Lipinski definition) is 0. The minimum absolute atomic E-state index is 0.197. The topological polar surface area (TPSA) is 92.0 Å². The average molecular weight is 558 g/mol. The van der Waals surface area contributed by atoms with Crippen molar-refractivity contribution in [3.63, 3.8) is 0 Å². The maximum absolute atomic E-state index is 13.7. The van der Waals surface area contributed by atoms with Gasteiger partial charge in [0.2, 0.25) is 0 Å². The fraction of sp³-hybridized carbons (Fsp3) is 0.280. The van der Waals surface area contributed by atoms with E-state index in [4.69, 9.17) is 14.2 Å². The summed E-state index contributed by atoms with van der Waals surface area (Å²) < 4.78 is 19.3. The number of methoxy groups -OCH3 is 1. The van der Waals surface area contributed by atoms with Gasteiger partial charge in [-0.05, 0) is 62.2 Å². The molecule has 0 bridgehead atoms. The highest BCUT2D eigenvalue weighted by molar-refractivity contribution is 9.10. The molecule has 0 aliphatic carbocycles. The second-order valence-corrected chi connectivity index (χ2v) is 9.40. The summed E-state index contributed by atoms with van der Waals surface area (Å²) >= 11 is 4.88. The SMILES string of the molecule is CCOC(=O)C1=C(C)N=c2s/c(=C/c3ccncc3)c(=O)n2[C@H]1c1cc(OC)c(OCC)cc1Br. The molecule has 0 amide bonds. The first kappa shape index (κ1) is 24.9. The summed E-state index contributed by atoms with van der Waals surface area (Å²) in [6.07, 6.45) is 5.12. The highest BCUT2D eigenvalue weighted by Crippen LogP contribution is 2.40. The van der Waals surface area contributed by atoms with Gasteiger partial charge in [0.1, 0.15) is 0 Å². The van der Waals surface area contributed by atoms with Gasteiger partial charge in [-0.15, -0.1) is 0 Å². The molecular weight excluding hydrogens is 534 g/mol. The molecule has 1 aromatic carbocycles. The number of fused-ring (bicyclic) bond motifs is 1. The highest BCUT2D eigenvalue weighted by atomic mass is 79.9. The standard InChI is InChI=1S/C25H24BrN3O5S/c1-5-33-19-13-17(26)16(12-18(19)32-4)22-21(24(31)34-6-2)14(3)28-25-29(22)23(30)20(35-25)11-15-7-9-27-10-8-15/h7-13,22H,5-6H2,1-4H3/b20-11+/t22-/m0/s1. The smallest absolute Gasteiger partial charge is 0.338 e. The maximum Gasteiger partial charge on any atom is 0.338 e. The van der Waals surface area contributed by atoms with E-state index in [1.165, 1.54) is 15.9 Å². The normalized spacial score (nSPS) is 15.5. The zero-order chi connectivity index (χ0) is 25.1. The van der Waals surface area contributed by atoms with Crippen LogP contribution in [0.15, 0.2) is 62.2 Å². The van der Waals surface area contributed by atoms with Crippen molar-refractivity contribution in [2.45, 2.75) is 26.8 Å². The molecule has 0 saturated carbocycles. The lowest BCUT2D eigenvalue weighted by Gasteiger charge is -2.26. The molecule has 2 aromatic heterocycles. The molecule has 4 rings (SSSR count). The molecule has 3 aromatic rings. The summed E-state index contributed by atoms with van der Waals surface area (Å²) in [7, 11) is 1.54. The number of nitrogens with zero attached hydrogens (tertiary/aromatic N) is 3. The van der Waals surface area contributed by atoms with Crippen LogP contribution in [-0.2, 0) is 9.53 Å². The number of allylic oxidation sites excluding steroid dienone is 1. The van der Waals surface area contributed by atoms with Crippen molar-refractivity contribution >= 4 is 39.3 Å². The van der Waals surface area contributed by atoms with E-state index < -0.39 is 12.0 Å². The predicted octanol–water partition coefficient (Wildman–Crippen LogP) is 3.36. The second kappa shape index (κ2) is 10.6. The largest absolute Gasteiger partial charge is 0.493 e. The van der Waals surface area contributed by atoms with Crippen LogP contribution < -0.4 is 24.4 Å². The first-order valence-electron chi connectivity index (χ1n) is 11.0. The number of carbonyl (C=O) groups excluding carboxylic acids is 1. The van der Waals surface area contributed by atoms with Gasteiger partial charge in [-0.1, -0.05) is 27.3 Å². The molecule has 0 fully saturated rings. The van der Waals surface area contributed by atoms with Crippen LogP contribution in [0.3, 0.4) is 0 Å². The Hall–Kier alpha value is -3.24. The van der Waals surface area contributed by atoms with Crippen LogP contribution in [-0.4, -0.2) is 35.8 Å². The minimum atomic E-state index is -0.774. The minimum Gasteiger partial charge on any atom is -0.493 e. The third-order valence-electron chi connectivity index (χ3n) is 5.40. The lowest BCUT2D eigenvalue weighted by Crippen LogP contribution is -2.40. The first-order chi connectivity index (χ1) is 16.9. The maximum atomic E-state index is 13.7. The summed E-state index contributed by atoms with van der Waals surface area (Å²) in [5.74, 6) is 0.512. The lowest BCUT2D eigenvalue weighted by atomic mass is 9.95. The number of thiazole rings is 1. The zero-order valence-electron chi connectivity index (χ0n) is 19.7. The number of aromatic nitrogens is 2. The zero-order valence-corrected chi connectivity index (χ0v) is 22.1. The molecule has 1 atom stereocenters. The molecule has 0 radical (unpaired) electrons. The van der Waals surface area contributed by atoms with Gasteiger partial charge in [-0.3, -0.25) is 14.3 Å². The van der Waals surface area contributed by atoms with Crippen LogP contribution in [0.2, 0.25) is 0 Å². The van der Waals surface area contributed by atoms with E-state index in [1.807, 2.05) is 19.1 Å². The fourth-order valence-electron chi connectivity index (χ4n) is 3.89. The van der Waals surface area contributed by atoms with E-state index in [0.29, 0.717) is 48.7 Å². The van der Waals surface area contributed by atoms with Gasteiger partial charge in [0.15, 0.2) is 16.3 Å². The molecule has 8 nitrogen and oxygen atoms in total. The summed E-state index contributed by atoms with van der Waals surface area (Å²) in [4.78, 5) is 35.9.